The second kappa shape index (κ2) is 3.11. The molecule has 0 nitrogen and oxygen atoms in total. The average Bonchev–Trinajstić information content (AvgIpc) is 1.85. The highest BCUT2D eigenvalue weighted by atomic mass is 19.4. The van der Waals surface area contributed by atoms with Gasteiger partial charge >= 0.3 is 6.18 Å². The molecule has 11 heavy (non-hydrogen) atoms. The molecule has 0 unspecified atom stereocenters. The van der Waals surface area contributed by atoms with Crippen LogP contribution in [0, 0.1) is 0 Å². The van der Waals surface area contributed by atoms with E-state index >= 15 is 0 Å². The van der Waals surface area contributed by atoms with Gasteiger partial charge in [-0.25, -0.2) is 0 Å². The highest BCUT2D eigenvalue weighted by Crippen LogP contribution is 2.23. The fraction of sp³-hybridized carbons (Fsp3) is 0.500. The Hall–Kier alpha value is -0.730. The Morgan fingerprint density at radius 2 is 2.09 bits per heavy atom. The van der Waals surface area contributed by atoms with Gasteiger partial charge in [0.05, 0.1) is 0 Å². The van der Waals surface area contributed by atoms with E-state index in [4.69, 9.17) is 0 Å². The molecule has 1 rings (SSSR count). The standard InChI is InChI=1S/C8H9F3/c9-8(10,11)6-7-4-2-1-3-5-7/h2,4,6H,1,3,5H2/b7-6+. The highest BCUT2D eigenvalue weighted by Gasteiger charge is 2.23. The van der Waals surface area contributed by atoms with Crippen molar-refractivity contribution in [1.29, 1.82) is 0 Å². The zero-order chi connectivity index (χ0) is 8.32. The molecule has 0 saturated heterocycles. The number of hydrogen-bond donors (Lipinski definition) is 0. The van der Waals surface area contributed by atoms with Gasteiger partial charge < -0.3 is 0 Å². The maximum Gasteiger partial charge on any atom is 0.410 e. The molecule has 0 saturated carbocycles. The molecule has 3 heteroatoms. The van der Waals surface area contributed by atoms with Gasteiger partial charge in [0.25, 0.3) is 0 Å². The predicted octanol–water partition coefficient (Wildman–Crippen LogP) is 3.22. The molecular weight excluding hydrogens is 153 g/mol. The number of rotatable bonds is 0. The van der Waals surface area contributed by atoms with Crippen LogP contribution in [-0.4, -0.2) is 6.18 Å². The first-order chi connectivity index (χ1) is 5.08. The summed E-state index contributed by atoms with van der Waals surface area (Å²) in [5.74, 6) is 0. The third-order valence-corrected chi connectivity index (χ3v) is 1.52. The summed E-state index contributed by atoms with van der Waals surface area (Å²) < 4.78 is 35.2. The van der Waals surface area contributed by atoms with Crippen molar-refractivity contribution in [3.05, 3.63) is 23.8 Å². The molecule has 1 aliphatic rings. The maximum atomic E-state index is 11.7. The summed E-state index contributed by atoms with van der Waals surface area (Å²) in [4.78, 5) is 0. The molecule has 0 aromatic heterocycles. The normalized spacial score (nSPS) is 22.6. The van der Waals surface area contributed by atoms with Gasteiger partial charge in [-0.05, 0) is 24.8 Å². The van der Waals surface area contributed by atoms with E-state index in [1.54, 1.807) is 12.2 Å². The zero-order valence-corrected chi connectivity index (χ0v) is 5.99. The Kier molecular flexibility index (Phi) is 2.37. The lowest BCUT2D eigenvalue weighted by Gasteiger charge is -2.08. The van der Waals surface area contributed by atoms with Gasteiger partial charge in [0.2, 0.25) is 0 Å². The summed E-state index contributed by atoms with van der Waals surface area (Å²) in [6.07, 6.45) is 1.83. The average molecular weight is 162 g/mol. The Morgan fingerprint density at radius 3 is 2.55 bits per heavy atom. The summed E-state index contributed by atoms with van der Waals surface area (Å²) in [6.45, 7) is 0. The van der Waals surface area contributed by atoms with Crippen LogP contribution in [0.15, 0.2) is 23.8 Å². The van der Waals surface area contributed by atoms with Crippen LogP contribution < -0.4 is 0 Å². The Labute approximate surface area is 63.4 Å². The molecule has 0 atom stereocenters. The van der Waals surface area contributed by atoms with Crippen molar-refractivity contribution >= 4 is 0 Å². The fourth-order valence-corrected chi connectivity index (χ4v) is 1.07. The van der Waals surface area contributed by atoms with Crippen LogP contribution in [0.4, 0.5) is 13.2 Å². The van der Waals surface area contributed by atoms with Crippen LogP contribution in [0.2, 0.25) is 0 Å². The maximum absolute atomic E-state index is 11.7. The van der Waals surface area contributed by atoms with E-state index in [1.807, 2.05) is 0 Å². The molecule has 0 radical (unpaired) electrons. The molecule has 0 aromatic rings. The first kappa shape index (κ1) is 8.37. The van der Waals surface area contributed by atoms with Gasteiger partial charge in [-0.3, -0.25) is 0 Å². The summed E-state index contributed by atoms with van der Waals surface area (Å²) in [5, 5.41) is 0. The van der Waals surface area contributed by atoms with Gasteiger partial charge in [-0.15, -0.1) is 0 Å². The minimum atomic E-state index is -4.16. The molecule has 0 N–H and O–H groups in total. The number of hydrogen-bond acceptors (Lipinski definition) is 0. The van der Waals surface area contributed by atoms with E-state index in [0.717, 1.165) is 12.8 Å². The lowest BCUT2D eigenvalue weighted by Crippen LogP contribution is -2.03. The lowest BCUT2D eigenvalue weighted by molar-refractivity contribution is -0.0804. The number of allylic oxidation sites excluding steroid dienone is 4. The molecule has 1 aliphatic carbocycles. The Balaban J connectivity index is 2.65. The minimum absolute atomic E-state index is 0.378. The van der Waals surface area contributed by atoms with Crippen LogP contribution >= 0.6 is 0 Å². The SMILES string of the molecule is FC(F)(F)/C=C1\C=CCCC1. The van der Waals surface area contributed by atoms with Crippen molar-refractivity contribution in [3.8, 4) is 0 Å². The van der Waals surface area contributed by atoms with Crippen LogP contribution in [0.25, 0.3) is 0 Å². The molecule has 0 amide bonds. The molecule has 0 fully saturated rings. The Morgan fingerprint density at radius 1 is 1.36 bits per heavy atom. The first-order valence-corrected chi connectivity index (χ1v) is 3.53. The van der Waals surface area contributed by atoms with Gasteiger partial charge in [0.1, 0.15) is 0 Å². The van der Waals surface area contributed by atoms with Crippen molar-refractivity contribution in [2.45, 2.75) is 25.4 Å². The van der Waals surface area contributed by atoms with Crippen LogP contribution in [0.1, 0.15) is 19.3 Å². The topological polar surface area (TPSA) is 0 Å². The van der Waals surface area contributed by atoms with Crippen molar-refractivity contribution in [2.75, 3.05) is 0 Å². The van der Waals surface area contributed by atoms with Gasteiger partial charge in [0, 0.05) is 6.08 Å². The second-order valence-corrected chi connectivity index (χ2v) is 2.56. The number of alkyl halides is 3. The molecule has 0 spiro atoms. The lowest BCUT2D eigenvalue weighted by atomic mass is 10.0. The number of halogens is 3. The largest absolute Gasteiger partial charge is 0.410 e. The zero-order valence-electron chi connectivity index (χ0n) is 5.99. The van der Waals surface area contributed by atoms with E-state index in [1.165, 1.54) is 0 Å². The summed E-state index contributed by atoms with van der Waals surface area (Å²) in [6, 6.07) is 0. The van der Waals surface area contributed by atoms with Crippen molar-refractivity contribution < 1.29 is 13.2 Å². The van der Waals surface area contributed by atoms with Crippen molar-refractivity contribution in [3.63, 3.8) is 0 Å². The van der Waals surface area contributed by atoms with Gasteiger partial charge in [-0.2, -0.15) is 13.2 Å². The third-order valence-electron chi connectivity index (χ3n) is 1.52. The molecule has 0 aromatic carbocycles. The van der Waals surface area contributed by atoms with Crippen LogP contribution in [-0.2, 0) is 0 Å². The smallest absolute Gasteiger partial charge is 0.167 e. The van der Waals surface area contributed by atoms with E-state index in [2.05, 4.69) is 0 Å². The summed E-state index contributed by atoms with van der Waals surface area (Å²) >= 11 is 0. The quantitative estimate of drug-likeness (QED) is 0.513. The summed E-state index contributed by atoms with van der Waals surface area (Å²) in [7, 11) is 0. The van der Waals surface area contributed by atoms with E-state index in [-0.39, 0.29) is 0 Å². The molecule has 0 aliphatic heterocycles. The van der Waals surface area contributed by atoms with Gasteiger partial charge in [-0.1, -0.05) is 12.2 Å². The molecular formula is C8H9F3. The van der Waals surface area contributed by atoms with Crippen molar-refractivity contribution in [2.24, 2.45) is 0 Å². The highest BCUT2D eigenvalue weighted by molar-refractivity contribution is 5.22. The van der Waals surface area contributed by atoms with E-state index in [0.29, 0.717) is 18.1 Å². The minimum Gasteiger partial charge on any atom is -0.167 e. The first-order valence-electron chi connectivity index (χ1n) is 3.53. The molecule has 0 bridgehead atoms. The fourth-order valence-electron chi connectivity index (χ4n) is 1.07. The monoisotopic (exact) mass is 162 g/mol. The second-order valence-electron chi connectivity index (χ2n) is 2.56. The third kappa shape index (κ3) is 3.25. The molecule has 62 valence electrons. The van der Waals surface area contributed by atoms with Crippen LogP contribution in [0.5, 0.6) is 0 Å². The summed E-state index contributed by atoms with van der Waals surface area (Å²) in [5.41, 5.74) is 0.392. The Bertz CT molecular complexity index is 186. The van der Waals surface area contributed by atoms with Gasteiger partial charge in [0.15, 0.2) is 0 Å². The van der Waals surface area contributed by atoms with Crippen molar-refractivity contribution in [1.82, 2.24) is 0 Å². The molecule has 0 heterocycles. The predicted molar refractivity (Wildman–Crippen MR) is 37.1 cm³/mol. The van der Waals surface area contributed by atoms with E-state index in [9.17, 15) is 13.2 Å². The van der Waals surface area contributed by atoms with Crippen LogP contribution in [0.3, 0.4) is 0 Å². The van der Waals surface area contributed by atoms with E-state index < -0.39 is 6.18 Å².